The minimum absolute atomic E-state index is 0.0216. The number of aryl methyl sites for hydroxylation is 1. The first-order valence-electron chi connectivity index (χ1n) is 8.64. The molecule has 0 saturated carbocycles. The Morgan fingerprint density at radius 3 is 2.59 bits per heavy atom. The molecule has 2 heterocycles. The Bertz CT molecular complexity index is 931. The third kappa shape index (κ3) is 3.61. The monoisotopic (exact) mass is 378 g/mol. The summed E-state index contributed by atoms with van der Waals surface area (Å²) in [4.78, 5) is 24.0. The number of carbonyl (C=O) groups is 1. The molecule has 1 aliphatic rings. The summed E-state index contributed by atoms with van der Waals surface area (Å²) in [5.74, 6) is -0.316. The van der Waals surface area contributed by atoms with Gasteiger partial charge >= 0.3 is 0 Å². The Hall–Kier alpha value is -2.26. The van der Waals surface area contributed by atoms with Crippen molar-refractivity contribution in [1.82, 2.24) is 0 Å². The second-order valence-corrected chi connectivity index (χ2v) is 6.93. The van der Waals surface area contributed by atoms with Crippen molar-refractivity contribution < 1.29 is 34.4 Å². The summed E-state index contributed by atoms with van der Waals surface area (Å²) < 4.78 is 11.3. The number of aromatic hydroxyl groups is 1. The lowest BCUT2D eigenvalue weighted by molar-refractivity contribution is -0.182. The molecule has 0 radical (unpaired) electrons. The van der Waals surface area contributed by atoms with Crippen LogP contribution >= 0.6 is 0 Å². The number of phenols is 1. The summed E-state index contributed by atoms with van der Waals surface area (Å²) in [6, 6.07) is 2.60. The molecule has 0 aliphatic carbocycles. The highest BCUT2D eigenvalue weighted by atomic mass is 16.5. The topological polar surface area (TPSA) is 137 Å². The van der Waals surface area contributed by atoms with Crippen LogP contribution in [-0.4, -0.2) is 51.1 Å². The maximum absolute atomic E-state index is 12.6. The average Bonchev–Trinajstić information content (AvgIpc) is 2.55. The zero-order valence-electron chi connectivity index (χ0n) is 15.0. The van der Waals surface area contributed by atoms with Gasteiger partial charge < -0.3 is 29.6 Å². The van der Waals surface area contributed by atoms with Crippen LogP contribution in [0.2, 0.25) is 0 Å². The van der Waals surface area contributed by atoms with Crippen LogP contribution in [0, 0.1) is 6.92 Å². The van der Waals surface area contributed by atoms with Crippen LogP contribution in [0.4, 0.5) is 0 Å². The number of Topliss-reactive ketones (excluding diaryl/α,β-unsaturated/α-hetero) is 1. The van der Waals surface area contributed by atoms with E-state index in [0.717, 1.165) is 0 Å². The van der Waals surface area contributed by atoms with Crippen molar-refractivity contribution in [2.24, 2.45) is 0 Å². The largest absolute Gasteiger partial charge is 0.507 e. The smallest absolute Gasteiger partial charge is 0.193 e. The molecule has 0 bridgehead atoms. The van der Waals surface area contributed by atoms with Gasteiger partial charge in [0.2, 0.25) is 0 Å². The number of benzene rings is 1. The van der Waals surface area contributed by atoms with E-state index >= 15 is 0 Å². The molecule has 1 aromatic carbocycles. The number of carbonyl (C=O) groups excluding carboxylic acids is 1. The Morgan fingerprint density at radius 1 is 1.26 bits per heavy atom. The number of ether oxygens (including phenoxy) is 1. The normalized spacial score (nSPS) is 25.7. The van der Waals surface area contributed by atoms with E-state index in [1.54, 1.807) is 6.92 Å². The maximum atomic E-state index is 12.6. The van der Waals surface area contributed by atoms with E-state index in [9.17, 15) is 30.0 Å². The van der Waals surface area contributed by atoms with E-state index in [-0.39, 0.29) is 52.1 Å². The van der Waals surface area contributed by atoms with E-state index in [1.807, 2.05) is 0 Å². The standard InChI is InChI=1S/C19H22O8/c1-8-3-12(23)17(18-14(25)6-11(22)15(7-20)27-18)19-16(8)13(24)5-10(26-19)4-9(2)21/h3,5,11,14-15,18,20,22-23,25H,4,6-7H2,1-2H3/t11-,14+,15+,18-/m0/s1. The molecule has 0 amide bonds. The first-order valence-corrected chi connectivity index (χ1v) is 8.64. The van der Waals surface area contributed by atoms with Gasteiger partial charge in [-0.3, -0.25) is 9.59 Å². The average molecular weight is 378 g/mol. The third-order valence-corrected chi connectivity index (χ3v) is 4.74. The number of ketones is 1. The fraction of sp³-hybridized carbons (Fsp3) is 0.474. The van der Waals surface area contributed by atoms with Gasteiger partial charge in [0.05, 0.1) is 36.2 Å². The van der Waals surface area contributed by atoms with Crippen molar-refractivity contribution in [3.63, 3.8) is 0 Å². The molecule has 146 valence electrons. The van der Waals surface area contributed by atoms with E-state index in [0.29, 0.717) is 5.56 Å². The molecule has 1 aromatic heterocycles. The van der Waals surface area contributed by atoms with Gasteiger partial charge in [-0.2, -0.15) is 0 Å². The highest BCUT2D eigenvalue weighted by Gasteiger charge is 2.39. The van der Waals surface area contributed by atoms with Crippen molar-refractivity contribution in [2.75, 3.05) is 6.61 Å². The van der Waals surface area contributed by atoms with Gasteiger partial charge in [-0.15, -0.1) is 0 Å². The number of rotatable bonds is 4. The number of aliphatic hydroxyl groups is 3. The van der Waals surface area contributed by atoms with Crippen LogP contribution in [0.5, 0.6) is 5.75 Å². The molecule has 0 spiro atoms. The summed E-state index contributed by atoms with van der Waals surface area (Å²) in [5, 5.41) is 40.4. The molecule has 2 aromatic rings. The predicted octanol–water partition coefficient (Wildman–Crippen LogP) is 0.483. The molecule has 1 saturated heterocycles. The molecule has 8 nitrogen and oxygen atoms in total. The minimum atomic E-state index is -1.19. The summed E-state index contributed by atoms with van der Waals surface area (Å²) in [6.07, 6.45) is -4.51. The molecular weight excluding hydrogens is 356 g/mol. The van der Waals surface area contributed by atoms with Gasteiger partial charge in [0.15, 0.2) is 5.43 Å². The summed E-state index contributed by atoms with van der Waals surface area (Å²) >= 11 is 0. The highest BCUT2D eigenvalue weighted by molar-refractivity contribution is 5.86. The Labute approximate surface area is 154 Å². The first-order chi connectivity index (χ1) is 12.7. The SMILES string of the molecule is CC(=O)Cc1cc(=O)c2c(C)cc(O)c([C@H]3O[C@H](CO)[C@@H](O)C[C@H]3O)c2o1. The van der Waals surface area contributed by atoms with E-state index in [1.165, 1.54) is 19.1 Å². The van der Waals surface area contributed by atoms with Crippen LogP contribution in [0.15, 0.2) is 21.3 Å². The van der Waals surface area contributed by atoms with Gasteiger partial charge in [0, 0.05) is 12.5 Å². The van der Waals surface area contributed by atoms with E-state index < -0.39 is 31.0 Å². The second kappa shape index (κ2) is 7.40. The van der Waals surface area contributed by atoms with Crippen molar-refractivity contribution in [3.05, 3.63) is 39.2 Å². The highest BCUT2D eigenvalue weighted by Crippen LogP contribution is 2.41. The lowest BCUT2D eigenvalue weighted by Gasteiger charge is -2.37. The molecule has 1 aliphatic heterocycles. The van der Waals surface area contributed by atoms with Crippen molar-refractivity contribution in [1.29, 1.82) is 0 Å². The van der Waals surface area contributed by atoms with E-state index in [2.05, 4.69) is 0 Å². The molecular formula is C19H22O8. The molecule has 1 fully saturated rings. The second-order valence-electron chi connectivity index (χ2n) is 6.93. The van der Waals surface area contributed by atoms with Crippen LogP contribution in [0.1, 0.15) is 36.3 Å². The number of aliphatic hydroxyl groups excluding tert-OH is 3. The third-order valence-electron chi connectivity index (χ3n) is 4.74. The molecule has 27 heavy (non-hydrogen) atoms. The molecule has 3 rings (SSSR count). The molecule has 0 unspecified atom stereocenters. The van der Waals surface area contributed by atoms with Gasteiger partial charge in [0.1, 0.15) is 35.1 Å². The Morgan fingerprint density at radius 2 is 1.96 bits per heavy atom. The number of hydrogen-bond donors (Lipinski definition) is 4. The molecule has 4 atom stereocenters. The van der Waals surface area contributed by atoms with Gasteiger partial charge in [-0.25, -0.2) is 0 Å². The zero-order chi connectivity index (χ0) is 19.9. The van der Waals surface area contributed by atoms with E-state index in [4.69, 9.17) is 9.15 Å². The molecule has 4 N–H and O–H groups in total. The van der Waals surface area contributed by atoms with Crippen molar-refractivity contribution in [2.45, 2.75) is 51.1 Å². The minimum Gasteiger partial charge on any atom is -0.507 e. The number of phenolic OH excluding ortho intramolecular Hbond substituents is 1. The van der Waals surface area contributed by atoms with Gasteiger partial charge in [-0.1, -0.05) is 0 Å². The van der Waals surface area contributed by atoms with Crippen LogP contribution in [0.25, 0.3) is 11.0 Å². The zero-order valence-corrected chi connectivity index (χ0v) is 15.0. The van der Waals surface area contributed by atoms with Gasteiger partial charge in [0.25, 0.3) is 0 Å². The lowest BCUT2D eigenvalue weighted by atomic mass is 9.91. The summed E-state index contributed by atoms with van der Waals surface area (Å²) in [5.41, 5.74) is 0.165. The quantitative estimate of drug-likeness (QED) is 0.603. The van der Waals surface area contributed by atoms with Crippen LogP contribution < -0.4 is 5.43 Å². The summed E-state index contributed by atoms with van der Waals surface area (Å²) in [6.45, 7) is 2.51. The van der Waals surface area contributed by atoms with Crippen molar-refractivity contribution in [3.8, 4) is 5.75 Å². The van der Waals surface area contributed by atoms with Crippen LogP contribution in [-0.2, 0) is 16.0 Å². The van der Waals surface area contributed by atoms with Crippen LogP contribution in [0.3, 0.4) is 0 Å². The van der Waals surface area contributed by atoms with Gasteiger partial charge in [-0.05, 0) is 25.5 Å². The predicted molar refractivity (Wildman–Crippen MR) is 94.6 cm³/mol. The Balaban J connectivity index is 2.23. The fourth-order valence-electron chi connectivity index (χ4n) is 3.50. The Kier molecular flexibility index (Phi) is 5.34. The number of fused-ring (bicyclic) bond motifs is 1. The lowest BCUT2D eigenvalue weighted by Crippen LogP contribution is -2.44. The fourth-order valence-corrected chi connectivity index (χ4v) is 3.50. The molecule has 8 heteroatoms. The maximum Gasteiger partial charge on any atom is 0.193 e. The summed E-state index contributed by atoms with van der Waals surface area (Å²) in [7, 11) is 0. The van der Waals surface area contributed by atoms with Crippen molar-refractivity contribution >= 4 is 16.8 Å². The first kappa shape index (κ1) is 19.5. The number of hydrogen-bond acceptors (Lipinski definition) is 8.